The number of para-hydroxylation sites is 1. The maximum absolute atomic E-state index is 12.9. The zero-order valence-corrected chi connectivity index (χ0v) is 15.1. The third-order valence-electron chi connectivity index (χ3n) is 4.21. The molecule has 1 aliphatic rings. The number of aromatic nitrogens is 2. The molecule has 6 heteroatoms. The molecule has 1 aromatic heterocycles. The first-order chi connectivity index (χ1) is 11.5. The fourth-order valence-electron chi connectivity index (χ4n) is 3.09. The van der Waals surface area contributed by atoms with Gasteiger partial charge in [-0.25, -0.2) is 0 Å². The van der Waals surface area contributed by atoms with E-state index < -0.39 is 0 Å². The van der Waals surface area contributed by atoms with Crippen molar-refractivity contribution in [3.8, 4) is 0 Å². The van der Waals surface area contributed by atoms with Crippen LogP contribution in [0.3, 0.4) is 0 Å². The zero-order chi connectivity index (χ0) is 17.1. The summed E-state index contributed by atoms with van der Waals surface area (Å²) in [5.74, 6) is 0.167. The van der Waals surface area contributed by atoms with Gasteiger partial charge in [-0.3, -0.25) is 9.48 Å². The number of carbonyl (C=O) groups is 1. The Morgan fingerprint density at radius 3 is 2.88 bits per heavy atom. The zero-order valence-electron chi connectivity index (χ0n) is 14.3. The Morgan fingerprint density at radius 2 is 2.17 bits per heavy atom. The maximum atomic E-state index is 12.9. The highest BCUT2D eigenvalue weighted by Crippen LogP contribution is 2.32. The van der Waals surface area contributed by atoms with E-state index in [0.717, 1.165) is 22.7 Å². The molecule has 0 spiro atoms. The topological polar surface area (TPSA) is 59.0 Å². The summed E-state index contributed by atoms with van der Waals surface area (Å²) in [4.78, 5) is 14.0. The van der Waals surface area contributed by atoms with Crippen LogP contribution >= 0.6 is 11.8 Å². The van der Waals surface area contributed by atoms with Crippen molar-refractivity contribution < 1.29 is 4.79 Å². The minimum atomic E-state index is -0.0775. The van der Waals surface area contributed by atoms with Gasteiger partial charge in [0.15, 0.2) is 0 Å². The summed E-state index contributed by atoms with van der Waals surface area (Å²) in [7, 11) is 1.90. The van der Waals surface area contributed by atoms with Crippen LogP contribution in [-0.2, 0) is 11.8 Å². The molecule has 0 aliphatic carbocycles. The lowest BCUT2D eigenvalue weighted by atomic mass is 9.90. The molecule has 128 valence electrons. The average molecular weight is 344 g/mol. The van der Waals surface area contributed by atoms with E-state index in [1.54, 1.807) is 16.4 Å². The van der Waals surface area contributed by atoms with Crippen LogP contribution in [0.1, 0.15) is 25.3 Å². The Balaban J connectivity index is 1.75. The third-order valence-corrected chi connectivity index (χ3v) is 5.29. The van der Waals surface area contributed by atoms with Crippen molar-refractivity contribution in [2.75, 3.05) is 18.4 Å². The number of benzene rings is 1. The molecule has 1 amide bonds. The lowest BCUT2D eigenvalue weighted by Crippen LogP contribution is -2.28. The monoisotopic (exact) mass is 344 g/mol. The van der Waals surface area contributed by atoms with E-state index in [9.17, 15) is 4.79 Å². The van der Waals surface area contributed by atoms with Gasteiger partial charge < -0.3 is 10.6 Å². The van der Waals surface area contributed by atoms with Crippen molar-refractivity contribution in [3.63, 3.8) is 0 Å². The van der Waals surface area contributed by atoms with Crippen LogP contribution in [-0.4, -0.2) is 34.0 Å². The molecule has 2 atom stereocenters. The van der Waals surface area contributed by atoms with E-state index in [2.05, 4.69) is 35.6 Å². The van der Waals surface area contributed by atoms with Gasteiger partial charge in [0.2, 0.25) is 5.91 Å². The number of hydrogen-bond donors (Lipinski definition) is 2. The normalized spacial score (nSPS) is 20.5. The number of hydrogen-bond acceptors (Lipinski definition) is 4. The number of nitrogens with one attached hydrogen (secondary N) is 2. The van der Waals surface area contributed by atoms with Crippen molar-refractivity contribution in [3.05, 3.63) is 42.2 Å². The standard InChI is InChI=1S/C18H24N4OS/c1-12(2)24-17-7-5-4-6-16(17)21-18(23)15-10-19-9-14(15)13-8-20-22(3)11-13/h4-8,11-12,14-15,19H,9-10H2,1-3H3,(H,21,23)/t14-,15+/m1/s1. The minimum absolute atomic E-state index is 0.0747. The molecule has 1 aliphatic heterocycles. The van der Waals surface area contributed by atoms with Crippen LogP contribution in [0.25, 0.3) is 0 Å². The van der Waals surface area contributed by atoms with Crippen molar-refractivity contribution in [2.45, 2.75) is 29.9 Å². The molecule has 1 fully saturated rings. The molecule has 2 heterocycles. The second-order valence-electron chi connectivity index (χ2n) is 6.47. The Kier molecular flexibility index (Phi) is 5.26. The molecule has 2 N–H and O–H groups in total. The first-order valence-corrected chi connectivity index (χ1v) is 9.18. The molecule has 24 heavy (non-hydrogen) atoms. The molecular formula is C18H24N4OS. The van der Waals surface area contributed by atoms with Crippen molar-refractivity contribution in [1.29, 1.82) is 0 Å². The lowest BCUT2D eigenvalue weighted by Gasteiger charge is -2.18. The van der Waals surface area contributed by atoms with Crippen LogP contribution in [0.2, 0.25) is 0 Å². The van der Waals surface area contributed by atoms with Crippen molar-refractivity contribution >= 4 is 23.4 Å². The van der Waals surface area contributed by atoms with Gasteiger partial charge >= 0.3 is 0 Å². The van der Waals surface area contributed by atoms with Gasteiger partial charge in [-0.2, -0.15) is 5.10 Å². The molecule has 1 saturated heterocycles. The van der Waals surface area contributed by atoms with Gasteiger partial charge in [0, 0.05) is 42.4 Å². The minimum Gasteiger partial charge on any atom is -0.325 e. The summed E-state index contributed by atoms with van der Waals surface area (Å²) in [6.45, 7) is 5.82. The number of nitrogens with zero attached hydrogens (tertiary/aromatic N) is 2. The molecule has 0 bridgehead atoms. The highest BCUT2D eigenvalue weighted by Gasteiger charge is 2.34. The number of anilines is 1. The SMILES string of the molecule is CC(C)Sc1ccccc1NC(=O)[C@H]1CNC[C@@H]1c1cnn(C)c1. The Hall–Kier alpha value is -1.79. The van der Waals surface area contributed by atoms with Gasteiger partial charge in [0.1, 0.15) is 0 Å². The highest BCUT2D eigenvalue weighted by atomic mass is 32.2. The summed E-state index contributed by atoms with van der Waals surface area (Å²) >= 11 is 1.77. The Labute approximate surface area is 147 Å². The largest absolute Gasteiger partial charge is 0.325 e. The molecule has 1 aromatic carbocycles. The molecule has 0 radical (unpaired) electrons. The predicted molar refractivity (Wildman–Crippen MR) is 98.4 cm³/mol. The Morgan fingerprint density at radius 1 is 1.38 bits per heavy atom. The van der Waals surface area contributed by atoms with Crippen LogP contribution in [0.4, 0.5) is 5.69 Å². The third kappa shape index (κ3) is 3.82. The summed E-state index contributed by atoms with van der Waals surface area (Å²) in [6, 6.07) is 8.01. The average Bonchev–Trinajstić information content (AvgIpc) is 3.17. The first kappa shape index (κ1) is 17.0. The molecule has 3 rings (SSSR count). The molecule has 5 nitrogen and oxygen atoms in total. The second kappa shape index (κ2) is 7.40. The quantitative estimate of drug-likeness (QED) is 0.819. The molecular weight excluding hydrogens is 320 g/mol. The van der Waals surface area contributed by atoms with Crippen molar-refractivity contribution in [1.82, 2.24) is 15.1 Å². The van der Waals surface area contributed by atoms with E-state index in [1.807, 2.05) is 37.6 Å². The fourth-order valence-corrected chi connectivity index (χ4v) is 4.00. The predicted octanol–water partition coefficient (Wildman–Crippen LogP) is 2.86. The van der Waals surface area contributed by atoms with E-state index >= 15 is 0 Å². The van der Waals surface area contributed by atoms with E-state index in [-0.39, 0.29) is 17.7 Å². The van der Waals surface area contributed by atoms with Crippen LogP contribution in [0.15, 0.2) is 41.6 Å². The van der Waals surface area contributed by atoms with Gasteiger partial charge in [-0.15, -0.1) is 11.8 Å². The summed E-state index contributed by atoms with van der Waals surface area (Å²) in [5.41, 5.74) is 2.02. The van der Waals surface area contributed by atoms with E-state index in [1.165, 1.54) is 0 Å². The van der Waals surface area contributed by atoms with E-state index in [0.29, 0.717) is 11.8 Å². The van der Waals surface area contributed by atoms with Gasteiger partial charge in [0.25, 0.3) is 0 Å². The summed E-state index contributed by atoms with van der Waals surface area (Å²) in [5, 5.41) is 11.2. The Bertz CT molecular complexity index is 713. The number of rotatable bonds is 5. The molecule has 0 unspecified atom stereocenters. The number of aryl methyl sites for hydroxylation is 1. The first-order valence-electron chi connectivity index (χ1n) is 8.30. The summed E-state index contributed by atoms with van der Waals surface area (Å²) in [6.07, 6.45) is 3.86. The van der Waals surface area contributed by atoms with Gasteiger partial charge in [0.05, 0.1) is 17.8 Å². The molecule has 2 aromatic rings. The molecule has 0 saturated carbocycles. The smallest absolute Gasteiger partial charge is 0.229 e. The van der Waals surface area contributed by atoms with Gasteiger partial charge in [-0.05, 0) is 17.7 Å². The number of amides is 1. The fraction of sp³-hybridized carbons (Fsp3) is 0.444. The summed E-state index contributed by atoms with van der Waals surface area (Å²) < 4.78 is 1.79. The highest BCUT2D eigenvalue weighted by molar-refractivity contribution is 8.00. The lowest BCUT2D eigenvalue weighted by molar-refractivity contribution is -0.119. The van der Waals surface area contributed by atoms with Crippen LogP contribution in [0.5, 0.6) is 0 Å². The number of carbonyl (C=O) groups excluding carboxylic acids is 1. The van der Waals surface area contributed by atoms with Crippen LogP contribution in [0, 0.1) is 5.92 Å². The number of thioether (sulfide) groups is 1. The second-order valence-corrected chi connectivity index (χ2v) is 8.09. The van der Waals surface area contributed by atoms with Gasteiger partial charge in [-0.1, -0.05) is 26.0 Å². The van der Waals surface area contributed by atoms with Crippen molar-refractivity contribution in [2.24, 2.45) is 13.0 Å². The van der Waals surface area contributed by atoms with Crippen LogP contribution < -0.4 is 10.6 Å². The maximum Gasteiger partial charge on any atom is 0.229 e. The van der Waals surface area contributed by atoms with E-state index in [4.69, 9.17) is 0 Å².